The zero-order chi connectivity index (χ0) is 19.2. The van der Waals surface area contributed by atoms with Gasteiger partial charge in [-0.3, -0.25) is 9.88 Å². The number of alkyl carbamates (subject to hydrolysis) is 1. The van der Waals surface area contributed by atoms with Crippen molar-refractivity contribution in [2.24, 2.45) is 5.41 Å². The van der Waals surface area contributed by atoms with Crippen LogP contribution < -0.4 is 5.32 Å². The lowest BCUT2D eigenvalue weighted by molar-refractivity contribution is -0.0849. The molecular weight excluding hydrogens is 354 g/mol. The number of carbonyl (C=O) groups is 1. The minimum Gasteiger partial charge on any atom is -0.446 e. The third kappa shape index (κ3) is 5.23. The van der Waals surface area contributed by atoms with Crippen LogP contribution in [0.3, 0.4) is 0 Å². The van der Waals surface area contributed by atoms with Crippen molar-refractivity contribution < 1.29 is 14.3 Å². The number of aromatic nitrogens is 1. The van der Waals surface area contributed by atoms with Crippen molar-refractivity contribution in [3.8, 4) is 0 Å². The van der Waals surface area contributed by atoms with Gasteiger partial charge in [0.05, 0.1) is 12.7 Å². The van der Waals surface area contributed by atoms with Crippen molar-refractivity contribution in [2.75, 3.05) is 26.2 Å². The quantitative estimate of drug-likeness (QED) is 0.838. The van der Waals surface area contributed by atoms with Gasteiger partial charge in [0.15, 0.2) is 0 Å². The summed E-state index contributed by atoms with van der Waals surface area (Å²) in [5.74, 6) is 0. The Labute approximate surface area is 168 Å². The second-order valence-corrected chi connectivity index (χ2v) is 8.80. The maximum atomic E-state index is 11.9. The smallest absolute Gasteiger partial charge is 0.407 e. The molecule has 0 aromatic carbocycles. The van der Waals surface area contributed by atoms with Crippen LogP contribution in [0, 0.1) is 5.41 Å². The van der Waals surface area contributed by atoms with Gasteiger partial charge >= 0.3 is 6.09 Å². The highest BCUT2D eigenvalue weighted by Crippen LogP contribution is 2.40. The van der Waals surface area contributed by atoms with Crippen LogP contribution in [0.1, 0.15) is 56.9 Å². The molecule has 1 N–H and O–H groups in total. The molecule has 4 rings (SSSR count). The number of pyridine rings is 1. The number of likely N-dealkylation sites (tertiary alicyclic amines) is 1. The molecule has 2 aliphatic heterocycles. The van der Waals surface area contributed by atoms with Crippen LogP contribution in [0.2, 0.25) is 0 Å². The van der Waals surface area contributed by atoms with Gasteiger partial charge in [-0.2, -0.15) is 0 Å². The largest absolute Gasteiger partial charge is 0.446 e. The molecule has 1 saturated carbocycles. The summed E-state index contributed by atoms with van der Waals surface area (Å²) in [6.45, 7) is 4.61. The van der Waals surface area contributed by atoms with E-state index in [0.29, 0.717) is 12.0 Å². The summed E-state index contributed by atoms with van der Waals surface area (Å²) in [4.78, 5) is 18.7. The van der Waals surface area contributed by atoms with Crippen molar-refractivity contribution in [1.29, 1.82) is 0 Å². The second-order valence-electron chi connectivity index (χ2n) is 8.80. The minimum atomic E-state index is -0.278. The van der Waals surface area contributed by atoms with Gasteiger partial charge < -0.3 is 14.8 Å². The van der Waals surface area contributed by atoms with Crippen molar-refractivity contribution in [3.63, 3.8) is 0 Å². The van der Waals surface area contributed by atoms with Gasteiger partial charge in [0, 0.05) is 25.5 Å². The summed E-state index contributed by atoms with van der Waals surface area (Å²) in [7, 11) is 0. The molecular formula is C22H33N3O3. The Balaban J connectivity index is 1.15. The highest BCUT2D eigenvalue weighted by Gasteiger charge is 2.38. The summed E-state index contributed by atoms with van der Waals surface area (Å²) in [5.41, 5.74) is 1.61. The SMILES string of the molecule is O=C(NCC1CCC2(CCN(Cc3cccnc3)CC2)CO1)OC1CCCC1. The number of hydrogen-bond acceptors (Lipinski definition) is 5. The van der Waals surface area contributed by atoms with E-state index in [-0.39, 0.29) is 18.3 Å². The fraction of sp³-hybridized carbons (Fsp3) is 0.727. The Kier molecular flexibility index (Phi) is 6.47. The average Bonchev–Trinajstić information content (AvgIpc) is 3.23. The predicted octanol–water partition coefficient (Wildman–Crippen LogP) is 3.51. The molecule has 0 bridgehead atoms. The van der Waals surface area contributed by atoms with E-state index < -0.39 is 0 Å². The van der Waals surface area contributed by atoms with Crippen LogP contribution in [0.5, 0.6) is 0 Å². The normalized spacial score (nSPS) is 25.6. The molecule has 3 fully saturated rings. The fourth-order valence-corrected chi connectivity index (χ4v) is 4.80. The topological polar surface area (TPSA) is 63.7 Å². The Hall–Kier alpha value is -1.66. The molecule has 3 heterocycles. The van der Waals surface area contributed by atoms with Crippen molar-refractivity contribution >= 4 is 6.09 Å². The molecule has 2 saturated heterocycles. The Bertz CT molecular complexity index is 615. The van der Waals surface area contributed by atoms with Gasteiger partial charge in [-0.05, 0) is 81.5 Å². The van der Waals surface area contributed by atoms with E-state index in [2.05, 4.69) is 21.3 Å². The van der Waals surface area contributed by atoms with Gasteiger partial charge in [-0.15, -0.1) is 0 Å². The molecule has 6 nitrogen and oxygen atoms in total. The standard InChI is InChI=1S/C22H33N3O3/c26-21(28-19-5-1-2-6-19)24-15-20-7-8-22(17-27-20)9-12-25(13-10-22)16-18-4-3-11-23-14-18/h3-4,11,14,19-20H,1-2,5-10,12-13,15-17H2,(H,24,26). The first-order valence-corrected chi connectivity index (χ1v) is 10.9. The van der Waals surface area contributed by atoms with E-state index in [1.807, 2.05) is 18.5 Å². The van der Waals surface area contributed by atoms with Gasteiger partial charge in [0.25, 0.3) is 0 Å². The van der Waals surface area contributed by atoms with Gasteiger partial charge in [-0.1, -0.05) is 6.07 Å². The lowest BCUT2D eigenvalue weighted by Gasteiger charge is -2.45. The number of carbonyl (C=O) groups excluding carboxylic acids is 1. The Morgan fingerprint density at radius 2 is 2.07 bits per heavy atom. The molecule has 1 unspecified atom stereocenters. The summed E-state index contributed by atoms with van der Waals surface area (Å²) < 4.78 is 11.6. The van der Waals surface area contributed by atoms with E-state index >= 15 is 0 Å². The fourth-order valence-electron chi connectivity index (χ4n) is 4.80. The summed E-state index contributed by atoms with van der Waals surface area (Å²) in [5, 5.41) is 2.90. The number of piperidine rings is 1. The van der Waals surface area contributed by atoms with Crippen molar-refractivity contribution in [3.05, 3.63) is 30.1 Å². The number of rotatable bonds is 5. The van der Waals surface area contributed by atoms with Crippen molar-refractivity contribution in [1.82, 2.24) is 15.2 Å². The zero-order valence-electron chi connectivity index (χ0n) is 16.8. The second kappa shape index (κ2) is 9.23. The van der Waals surface area contributed by atoms with E-state index in [9.17, 15) is 4.79 Å². The van der Waals surface area contributed by atoms with Gasteiger partial charge in [0.2, 0.25) is 0 Å². The first-order valence-electron chi connectivity index (χ1n) is 10.9. The average molecular weight is 388 g/mol. The summed E-state index contributed by atoms with van der Waals surface area (Å²) in [6.07, 6.45) is 12.7. The van der Waals surface area contributed by atoms with Gasteiger partial charge in [0.1, 0.15) is 6.10 Å². The molecule has 154 valence electrons. The van der Waals surface area contributed by atoms with Crippen LogP contribution in [0.4, 0.5) is 4.79 Å². The maximum Gasteiger partial charge on any atom is 0.407 e. The third-order valence-corrected chi connectivity index (χ3v) is 6.72. The minimum absolute atomic E-state index is 0.118. The van der Waals surface area contributed by atoms with Crippen molar-refractivity contribution in [2.45, 2.75) is 70.1 Å². The number of amides is 1. The molecule has 1 spiro atoms. The molecule has 1 atom stereocenters. The van der Waals surface area contributed by atoms with Crippen LogP contribution in [0.15, 0.2) is 24.5 Å². The van der Waals surface area contributed by atoms with E-state index in [1.165, 1.54) is 37.7 Å². The van der Waals surface area contributed by atoms with Crippen LogP contribution in [0.25, 0.3) is 0 Å². The molecule has 1 amide bonds. The molecule has 6 heteroatoms. The number of ether oxygens (including phenoxy) is 2. The predicted molar refractivity (Wildman–Crippen MR) is 107 cm³/mol. The first-order chi connectivity index (χ1) is 13.7. The van der Waals surface area contributed by atoms with Gasteiger partial charge in [-0.25, -0.2) is 4.79 Å². The lowest BCUT2D eigenvalue weighted by Crippen LogP contribution is -2.47. The molecule has 0 radical (unpaired) electrons. The van der Waals surface area contributed by atoms with Crippen LogP contribution in [-0.2, 0) is 16.0 Å². The molecule has 28 heavy (non-hydrogen) atoms. The highest BCUT2D eigenvalue weighted by molar-refractivity contribution is 5.67. The van der Waals surface area contributed by atoms with E-state index in [1.54, 1.807) is 0 Å². The Morgan fingerprint density at radius 3 is 2.75 bits per heavy atom. The van der Waals surface area contributed by atoms with E-state index in [0.717, 1.165) is 45.5 Å². The van der Waals surface area contributed by atoms with Crippen LogP contribution in [-0.4, -0.2) is 54.4 Å². The number of nitrogens with one attached hydrogen (secondary N) is 1. The van der Waals surface area contributed by atoms with Crippen LogP contribution >= 0.6 is 0 Å². The third-order valence-electron chi connectivity index (χ3n) is 6.72. The monoisotopic (exact) mass is 387 g/mol. The first kappa shape index (κ1) is 19.6. The lowest BCUT2D eigenvalue weighted by atomic mass is 9.73. The molecule has 1 aromatic heterocycles. The van der Waals surface area contributed by atoms with E-state index in [4.69, 9.17) is 9.47 Å². The number of hydrogen-bond donors (Lipinski definition) is 1. The number of nitrogens with zero attached hydrogens (tertiary/aromatic N) is 2. The molecule has 1 aliphatic carbocycles. The zero-order valence-corrected chi connectivity index (χ0v) is 16.8. The Morgan fingerprint density at radius 1 is 1.25 bits per heavy atom. The maximum absolute atomic E-state index is 11.9. The summed E-state index contributed by atoms with van der Waals surface area (Å²) in [6, 6.07) is 4.16. The summed E-state index contributed by atoms with van der Waals surface area (Å²) >= 11 is 0. The molecule has 3 aliphatic rings. The highest BCUT2D eigenvalue weighted by atomic mass is 16.6. The molecule has 1 aromatic rings.